The molecule has 33 heavy (non-hydrogen) atoms. The minimum absolute atomic E-state index is 0.0502. The van der Waals surface area contributed by atoms with E-state index in [1.54, 1.807) is 23.2 Å². The van der Waals surface area contributed by atoms with Crippen LogP contribution in [0.5, 0.6) is 0 Å². The number of hydrogen-bond acceptors (Lipinski definition) is 3. The highest BCUT2D eigenvalue weighted by atomic mass is 35.5. The molecule has 10 heteroatoms. The normalized spacial score (nSPS) is 13.7. The van der Waals surface area contributed by atoms with E-state index in [1.165, 1.54) is 18.1 Å². The highest BCUT2D eigenvalue weighted by molar-refractivity contribution is 6.27. The van der Waals surface area contributed by atoms with Crippen molar-refractivity contribution in [2.24, 2.45) is 0 Å². The van der Waals surface area contributed by atoms with Crippen molar-refractivity contribution in [2.45, 2.75) is 38.1 Å². The fraction of sp³-hybridized carbons (Fsp3) is 0.478. The standard InChI is InChI=1S/C23H27ClF3N3O3/c1-33-11-10-29(22(32)16-30(19-7-8-19)21(31)13-24)15-20-6-3-9-28(20)14-17-4-2-5-18(12-17)23(25,26)27/h2-6,9,12,19H,7-8,10-11,13-16H2,1H3. The molecule has 0 atom stereocenters. The summed E-state index contributed by atoms with van der Waals surface area (Å²) in [6.07, 6.45) is -0.934. The van der Waals surface area contributed by atoms with Gasteiger partial charge in [-0.25, -0.2) is 0 Å². The van der Waals surface area contributed by atoms with Crippen molar-refractivity contribution in [3.05, 3.63) is 59.4 Å². The molecule has 0 saturated heterocycles. The summed E-state index contributed by atoms with van der Waals surface area (Å²) in [7, 11) is 1.53. The number of alkyl halides is 4. The second-order valence-electron chi connectivity index (χ2n) is 8.02. The lowest BCUT2D eigenvalue weighted by Crippen LogP contribution is -2.45. The van der Waals surface area contributed by atoms with Crippen molar-refractivity contribution in [2.75, 3.05) is 32.7 Å². The lowest BCUT2D eigenvalue weighted by Gasteiger charge is -2.27. The van der Waals surface area contributed by atoms with Gasteiger partial charge in [-0.3, -0.25) is 9.59 Å². The van der Waals surface area contributed by atoms with E-state index in [2.05, 4.69) is 0 Å². The van der Waals surface area contributed by atoms with Gasteiger partial charge in [0.1, 0.15) is 12.4 Å². The minimum atomic E-state index is -4.41. The fourth-order valence-electron chi connectivity index (χ4n) is 3.61. The highest BCUT2D eigenvalue weighted by Crippen LogP contribution is 2.30. The molecule has 0 N–H and O–H groups in total. The average molecular weight is 486 g/mol. The molecule has 0 aliphatic heterocycles. The van der Waals surface area contributed by atoms with Crippen molar-refractivity contribution in [1.82, 2.24) is 14.4 Å². The number of aromatic nitrogens is 1. The van der Waals surface area contributed by atoms with Crippen molar-refractivity contribution in [1.29, 1.82) is 0 Å². The first-order valence-electron chi connectivity index (χ1n) is 10.6. The first-order chi connectivity index (χ1) is 15.7. The van der Waals surface area contributed by atoms with E-state index in [0.717, 1.165) is 30.7 Å². The predicted molar refractivity (Wildman–Crippen MR) is 118 cm³/mol. The Kier molecular flexibility index (Phi) is 8.42. The fourth-order valence-corrected chi connectivity index (χ4v) is 3.76. The number of carbonyl (C=O) groups excluding carboxylic acids is 2. The molecule has 0 bridgehead atoms. The maximum absolute atomic E-state index is 13.1. The maximum atomic E-state index is 13.1. The molecule has 1 aliphatic carbocycles. The summed E-state index contributed by atoms with van der Waals surface area (Å²) >= 11 is 5.71. The summed E-state index contributed by atoms with van der Waals surface area (Å²) in [5.41, 5.74) is 0.567. The van der Waals surface area contributed by atoms with Gasteiger partial charge in [0.25, 0.3) is 0 Å². The Morgan fingerprint density at radius 1 is 1.18 bits per heavy atom. The zero-order chi connectivity index (χ0) is 24.0. The van der Waals surface area contributed by atoms with Crippen molar-refractivity contribution in [3.8, 4) is 0 Å². The Hall–Kier alpha value is -2.52. The average Bonchev–Trinajstić information content (AvgIpc) is 3.54. The van der Waals surface area contributed by atoms with E-state index in [-0.39, 0.29) is 43.4 Å². The first kappa shape index (κ1) is 25.1. The molecule has 1 aromatic carbocycles. The molecule has 6 nitrogen and oxygen atoms in total. The maximum Gasteiger partial charge on any atom is 0.416 e. The smallest absolute Gasteiger partial charge is 0.383 e. The number of carbonyl (C=O) groups is 2. The molecule has 180 valence electrons. The van der Waals surface area contributed by atoms with Gasteiger partial charge in [-0.2, -0.15) is 13.2 Å². The Balaban J connectivity index is 1.73. The van der Waals surface area contributed by atoms with Crippen LogP contribution >= 0.6 is 11.6 Å². The largest absolute Gasteiger partial charge is 0.416 e. The van der Waals surface area contributed by atoms with Gasteiger partial charge in [0.05, 0.1) is 18.7 Å². The number of methoxy groups -OCH3 is 1. The number of benzene rings is 1. The van der Waals surface area contributed by atoms with Gasteiger partial charge >= 0.3 is 6.18 Å². The van der Waals surface area contributed by atoms with Gasteiger partial charge in [-0.1, -0.05) is 12.1 Å². The Bertz CT molecular complexity index is 960. The van der Waals surface area contributed by atoms with E-state index in [9.17, 15) is 22.8 Å². The summed E-state index contributed by atoms with van der Waals surface area (Å²) < 4.78 is 46.1. The van der Waals surface area contributed by atoms with Crippen LogP contribution in [0.2, 0.25) is 0 Å². The van der Waals surface area contributed by atoms with E-state index < -0.39 is 11.7 Å². The van der Waals surface area contributed by atoms with Crippen LogP contribution in [0.3, 0.4) is 0 Å². The van der Waals surface area contributed by atoms with Crippen molar-refractivity contribution < 1.29 is 27.5 Å². The second-order valence-corrected chi connectivity index (χ2v) is 8.29. The molecule has 1 aliphatic rings. The number of nitrogens with zero attached hydrogens (tertiary/aromatic N) is 3. The first-order valence-corrected chi connectivity index (χ1v) is 11.2. The quantitative estimate of drug-likeness (QED) is 0.455. The third kappa shape index (κ3) is 6.98. The molecule has 0 spiro atoms. The third-order valence-electron chi connectivity index (χ3n) is 5.53. The van der Waals surface area contributed by atoms with Crippen LogP contribution < -0.4 is 0 Å². The number of hydrogen-bond donors (Lipinski definition) is 0. The molecule has 1 aromatic heterocycles. The monoisotopic (exact) mass is 485 g/mol. The van der Waals surface area contributed by atoms with Crippen molar-refractivity contribution >= 4 is 23.4 Å². The zero-order valence-electron chi connectivity index (χ0n) is 18.4. The lowest BCUT2D eigenvalue weighted by atomic mass is 10.1. The molecular formula is C23H27ClF3N3O3. The van der Waals surface area contributed by atoms with Crippen LogP contribution in [-0.4, -0.2) is 64.9 Å². The Morgan fingerprint density at radius 3 is 2.58 bits per heavy atom. The zero-order valence-corrected chi connectivity index (χ0v) is 19.1. The molecule has 1 saturated carbocycles. The summed E-state index contributed by atoms with van der Waals surface area (Å²) in [5, 5.41) is 0. The molecule has 1 heterocycles. The van der Waals surface area contributed by atoms with Gasteiger partial charge in [0, 0.05) is 38.1 Å². The van der Waals surface area contributed by atoms with E-state index in [1.807, 2.05) is 10.6 Å². The van der Waals surface area contributed by atoms with Crippen LogP contribution in [0, 0.1) is 0 Å². The molecule has 1 fully saturated rings. The second kappa shape index (κ2) is 11.1. The van der Waals surface area contributed by atoms with Gasteiger partial charge in [0.2, 0.25) is 11.8 Å². The van der Waals surface area contributed by atoms with Gasteiger partial charge in [-0.15, -0.1) is 11.6 Å². The third-order valence-corrected chi connectivity index (χ3v) is 5.76. The molecule has 0 unspecified atom stereocenters. The van der Waals surface area contributed by atoms with Crippen LogP contribution in [0.15, 0.2) is 42.6 Å². The Morgan fingerprint density at radius 2 is 1.94 bits per heavy atom. The molecular weight excluding hydrogens is 459 g/mol. The van der Waals surface area contributed by atoms with E-state index >= 15 is 0 Å². The summed E-state index contributed by atoms with van der Waals surface area (Å²) in [6.45, 7) is 1.04. The predicted octanol–water partition coefficient (Wildman–Crippen LogP) is 3.76. The minimum Gasteiger partial charge on any atom is -0.383 e. The van der Waals surface area contributed by atoms with E-state index in [4.69, 9.17) is 16.3 Å². The van der Waals surface area contributed by atoms with Crippen LogP contribution in [0.25, 0.3) is 0 Å². The number of ether oxygens (including phenoxy) is 1. The lowest BCUT2D eigenvalue weighted by molar-refractivity contribution is -0.140. The van der Waals surface area contributed by atoms with Crippen LogP contribution in [0.4, 0.5) is 13.2 Å². The Labute approximate surface area is 195 Å². The van der Waals surface area contributed by atoms with Crippen LogP contribution in [-0.2, 0) is 33.6 Å². The topological polar surface area (TPSA) is 54.8 Å². The van der Waals surface area contributed by atoms with Gasteiger partial charge in [0.15, 0.2) is 0 Å². The highest BCUT2D eigenvalue weighted by Gasteiger charge is 2.34. The molecule has 0 radical (unpaired) electrons. The van der Waals surface area contributed by atoms with E-state index in [0.29, 0.717) is 18.7 Å². The van der Waals surface area contributed by atoms with Gasteiger partial charge in [-0.05, 0) is 42.7 Å². The molecule has 2 aromatic rings. The summed E-state index contributed by atoms with van der Waals surface area (Å²) in [4.78, 5) is 28.3. The SMILES string of the molecule is COCCN(Cc1cccn1Cc1cccc(C(F)(F)F)c1)C(=O)CN(C(=O)CCl)C1CC1. The van der Waals surface area contributed by atoms with Crippen LogP contribution in [0.1, 0.15) is 29.7 Å². The molecule has 3 rings (SSSR count). The van der Waals surface area contributed by atoms with Gasteiger partial charge < -0.3 is 19.1 Å². The number of amides is 2. The number of rotatable bonds is 11. The number of halogens is 4. The van der Waals surface area contributed by atoms with Crippen molar-refractivity contribution in [3.63, 3.8) is 0 Å². The summed E-state index contributed by atoms with van der Waals surface area (Å²) in [6, 6.07) is 8.85. The molecule has 2 amide bonds. The summed E-state index contributed by atoms with van der Waals surface area (Å²) in [5.74, 6) is -0.682.